The Morgan fingerprint density at radius 2 is 2.12 bits per heavy atom. The normalized spacial score (nSPS) is 20.3. The summed E-state index contributed by atoms with van der Waals surface area (Å²) in [5, 5.41) is 3.55. The minimum Gasteiger partial charge on any atom is -0.438 e. The monoisotopic (exact) mass is 347 g/mol. The summed E-state index contributed by atoms with van der Waals surface area (Å²) in [5.41, 5.74) is 7.72. The van der Waals surface area contributed by atoms with Gasteiger partial charge in [0.25, 0.3) is 0 Å². The summed E-state index contributed by atoms with van der Waals surface area (Å²) in [6, 6.07) is 7.55. The molecule has 0 bridgehead atoms. The Kier molecular flexibility index (Phi) is 5.21. The minimum atomic E-state index is 0.00115. The van der Waals surface area contributed by atoms with E-state index < -0.39 is 0 Å². The van der Waals surface area contributed by atoms with Crippen LogP contribution in [0.3, 0.4) is 0 Å². The number of hydrogen-bond donors (Lipinski definition) is 2. The van der Waals surface area contributed by atoms with Gasteiger partial charge in [0.2, 0.25) is 11.8 Å². The lowest BCUT2D eigenvalue weighted by molar-refractivity contribution is -0.122. The Hall–Kier alpha value is -1.85. The van der Waals surface area contributed by atoms with E-state index in [1.807, 2.05) is 31.2 Å². The summed E-state index contributed by atoms with van der Waals surface area (Å²) in [6.07, 6.45) is 3.64. The minimum absolute atomic E-state index is 0.00115. The molecular formula is C18H22ClN3O2. The summed E-state index contributed by atoms with van der Waals surface area (Å²) in [7, 11) is 0. The number of amides is 1. The quantitative estimate of drug-likeness (QED) is 0.868. The number of carbonyl (C=O) groups excluding carboxylic acids is 1. The van der Waals surface area contributed by atoms with E-state index in [-0.39, 0.29) is 18.5 Å². The number of nitrogens with two attached hydrogens (primary N) is 1. The Bertz CT molecular complexity index is 712. The molecule has 24 heavy (non-hydrogen) atoms. The number of aromatic nitrogens is 1. The zero-order chi connectivity index (χ0) is 17.1. The third-order valence-corrected chi connectivity index (χ3v) is 4.80. The predicted octanol–water partition coefficient (Wildman–Crippen LogP) is 3.44. The predicted molar refractivity (Wildman–Crippen MR) is 93.5 cm³/mol. The van der Waals surface area contributed by atoms with E-state index in [9.17, 15) is 4.79 Å². The van der Waals surface area contributed by atoms with Crippen molar-refractivity contribution in [2.75, 3.05) is 0 Å². The molecule has 1 aliphatic carbocycles. The molecule has 1 aromatic carbocycles. The van der Waals surface area contributed by atoms with Crippen LogP contribution >= 0.6 is 11.6 Å². The van der Waals surface area contributed by atoms with Crippen molar-refractivity contribution in [1.29, 1.82) is 0 Å². The lowest BCUT2D eigenvalue weighted by atomic mass is 10.00. The van der Waals surface area contributed by atoms with Gasteiger partial charge in [0.1, 0.15) is 0 Å². The maximum absolute atomic E-state index is 12.1. The largest absolute Gasteiger partial charge is 0.438 e. The molecule has 6 heteroatoms. The van der Waals surface area contributed by atoms with Crippen molar-refractivity contribution in [2.24, 2.45) is 11.7 Å². The van der Waals surface area contributed by atoms with Crippen molar-refractivity contribution in [1.82, 2.24) is 10.3 Å². The van der Waals surface area contributed by atoms with E-state index in [0.29, 0.717) is 29.0 Å². The van der Waals surface area contributed by atoms with Crippen LogP contribution in [-0.2, 0) is 11.3 Å². The molecule has 1 aliphatic rings. The first-order valence-electron chi connectivity index (χ1n) is 8.27. The first kappa shape index (κ1) is 17.0. The molecule has 2 atom stereocenters. The zero-order valence-electron chi connectivity index (χ0n) is 13.7. The first-order chi connectivity index (χ1) is 11.5. The Morgan fingerprint density at radius 1 is 1.38 bits per heavy atom. The van der Waals surface area contributed by atoms with Crippen LogP contribution in [0.5, 0.6) is 0 Å². The molecule has 1 aromatic heterocycles. The smallest absolute Gasteiger partial charge is 0.220 e. The van der Waals surface area contributed by atoms with Gasteiger partial charge in [-0.3, -0.25) is 4.79 Å². The number of benzene rings is 1. The standard InChI is InChI=1S/C18H22ClN3O2/c1-11-18(12-5-7-14(19)8-6-12)24-17(22-11)10-21-16(23)9-13-3-2-4-15(13)20/h5-8,13,15H,2-4,9-10,20H2,1H3,(H,21,23)/t13-,15+/m0/s1. The molecule has 0 radical (unpaired) electrons. The van der Waals surface area contributed by atoms with Gasteiger partial charge in [-0.15, -0.1) is 0 Å². The summed E-state index contributed by atoms with van der Waals surface area (Å²) in [4.78, 5) is 16.5. The molecule has 3 rings (SSSR count). The fraction of sp³-hybridized carbons (Fsp3) is 0.444. The van der Waals surface area contributed by atoms with Crippen LogP contribution in [0.25, 0.3) is 11.3 Å². The number of aryl methyl sites for hydroxylation is 1. The molecule has 1 saturated carbocycles. The highest BCUT2D eigenvalue weighted by Gasteiger charge is 2.26. The van der Waals surface area contributed by atoms with Gasteiger partial charge in [0.15, 0.2) is 5.76 Å². The average molecular weight is 348 g/mol. The van der Waals surface area contributed by atoms with Gasteiger partial charge >= 0.3 is 0 Å². The van der Waals surface area contributed by atoms with Crippen molar-refractivity contribution in [3.63, 3.8) is 0 Å². The fourth-order valence-corrected chi connectivity index (χ4v) is 3.33. The summed E-state index contributed by atoms with van der Waals surface area (Å²) < 4.78 is 5.79. The van der Waals surface area contributed by atoms with E-state index >= 15 is 0 Å². The molecule has 0 aliphatic heterocycles. The van der Waals surface area contributed by atoms with Crippen molar-refractivity contribution in [2.45, 2.75) is 45.2 Å². The lowest BCUT2D eigenvalue weighted by Crippen LogP contribution is -2.31. The molecule has 1 fully saturated rings. The third-order valence-electron chi connectivity index (χ3n) is 4.55. The SMILES string of the molecule is Cc1nc(CNC(=O)C[C@@H]2CCC[C@H]2N)oc1-c1ccc(Cl)cc1. The number of nitrogens with one attached hydrogen (secondary N) is 1. The fourth-order valence-electron chi connectivity index (χ4n) is 3.20. The van der Waals surface area contributed by atoms with Crippen molar-refractivity contribution >= 4 is 17.5 Å². The molecule has 1 amide bonds. The van der Waals surface area contributed by atoms with E-state index in [1.165, 1.54) is 0 Å². The highest BCUT2D eigenvalue weighted by molar-refractivity contribution is 6.30. The number of oxazole rings is 1. The maximum atomic E-state index is 12.1. The topological polar surface area (TPSA) is 81.2 Å². The molecule has 0 spiro atoms. The number of halogens is 1. The van der Waals surface area contributed by atoms with E-state index in [0.717, 1.165) is 30.5 Å². The number of rotatable bonds is 5. The Balaban J connectivity index is 1.59. The summed E-state index contributed by atoms with van der Waals surface area (Å²) in [6.45, 7) is 2.17. The van der Waals surface area contributed by atoms with Crippen LogP contribution in [0.2, 0.25) is 5.02 Å². The van der Waals surface area contributed by atoms with Crippen molar-refractivity contribution in [3.8, 4) is 11.3 Å². The van der Waals surface area contributed by atoms with E-state index in [1.54, 1.807) is 0 Å². The molecule has 0 unspecified atom stereocenters. The van der Waals surface area contributed by atoms with Gasteiger partial charge in [-0.05, 0) is 49.9 Å². The van der Waals surface area contributed by atoms with Gasteiger partial charge in [-0.2, -0.15) is 0 Å². The van der Waals surface area contributed by atoms with Gasteiger partial charge in [0, 0.05) is 23.0 Å². The van der Waals surface area contributed by atoms with Crippen LogP contribution < -0.4 is 11.1 Å². The highest BCUT2D eigenvalue weighted by Crippen LogP contribution is 2.27. The van der Waals surface area contributed by atoms with Gasteiger partial charge < -0.3 is 15.5 Å². The van der Waals surface area contributed by atoms with E-state index in [2.05, 4.69) is 10.3 Å². The van der Waals surface area contributed by atoms with Gasteiger partial charge in [0.05, 0.1) is 12.2 Å². The van der Waals surface area contributed by atoms with Gasteiger partial charge in [-0.1, -0.05) is 18.0 Å². The van der Waals surface area contributed by atoms with E-state index in [4.69, 9.17) is 21.8 Å². The van der Waals surface area contributed by atoms with Crippen LogP contribution in [-0.4, -0.2) is 16.9 Å². The number of nitrogens with zero attached hydrogens (tertiary/aromatic N) is 1. The second-order valence-electron chi connectivity index (χ2n) is 6.36. The summed E-state index contributed by atoms with van der Waals surface area (Å²) in [5.74, 6) is 1.50. The molecule has 2 aromatic rings. The molecular weight excluding hydrogens is 326 g/mol. The second-order valence-corrected chi connectivity index (χ2v) is 6.80. The Labute approximate surface area is 146 Å². The van der Waals surface area contributed by atoms with Crippen molar-refractivity contribution in [3.05, 3.63) is 40.9 Å². The zero-order valence-corrected chi connectivity index (χ0v) is 14.5. The molecule has 1 heterocycles. The van der Waals surface area contributed by atoms with Crippen LogP contribution in [0, 0.1) is 12.8 Å². The highest BCUT2D eigenvalue weighted by atomic mass is 35.5. The number of hydrogen-bond acceptors (Lipinski definition) is 4. The third kappa shape index (κ3) is 3.97. The lowest BCUT2D eigenvalue weighted by Gasteiger charge is -2.14. The van der Waals surface area contributed by atoms with Crippen LogP contribution in [0.1, 0.15) is 37.3 Å². The maximum Gasteiger partial charge on any atom is 0.220 e. The van der Waals surface area contributed by atoms with Crippen molar-refractivity contribution < 1.29 is 9.21 Å². The van der Waals surface area contributed by atoms with Crippen LogP contribution in [0.4, 0.5) is 0 Å². The first-order valence-corrected chi connectivity index (χ1v) is 8.65. The van der Waals surface area contributed by atoms with Gasteiger partial charge in [-0.25, -0.2) is 4.98 Å². The molecule has 0 saturated heterocycles. The molecule has 3 N–H and O–H groups in total. The van der Waals surface area contributed by atoms with Crippen LogP contribution in [0.15, 0.2) is 28.7 Å². The number of carbonyl (C=O) groups is 1. The molecule has 128 valence electrons. The Morgan fingerprint density at radius 3 is 2.79 bits per heavy atom. The second kappa shape index (κ2) is 7.36. The average Bonchev–Trinajstić information content (AvgIpc) is 3.12. The summed E-state index contributed by atoms with van der Waals surface area (Å²) >= 11 is 5.91. The molecule has 5 nitrogen and oxygen atoms in total.